The predicted molar refractivity (Wildman–Crippen MR) is 105 cm³/mol. The molecule has 5 heteroatoms. The van der Waals surface area contributed by atoms with Crippen molar-refractivity contribution in [2.24, 2.45) is 0 Å². The van der Waals surface area contributed by atoms with Crippen LogP contribution >= 0.6 is 24.0 Å². The van der Waals surface area contributed by atoms with Crippen LogP contribution in [0.5, 0.6) is 5.75 Å². The number of nitrogens with zero attached hydrogens (tertiary/aromatic N) is 1. The second kappa shape index (κ2) is 6.86. The van der Waals surface area contributed by atoms with Crippen LogP contribution in [0, 0.1) is 0 Å². The Morgan fingerprint density at radius 3 is 2.72 bits per heavy atom. The number of hydrogen-bond acceptors (Lipinski definition) is 4. The number of carbonyl (C=O) groups is 1. The van der Waals surface area contributed by atoms with Gasteiger partial charge in [-0.15, -0.1) is 0 Å². The summed E-state index contributed by atoms with van der Waals surface area (Å²) in [6.45, 7) is 0.959. The normalized spacial score (nSPS) is 18.2. The minimum Gasteiger partial charge on any atom is -0.488 e. The van der Waals surface area contributed by atoms with Gasteiger partial charge < -0.3 is 4.74 Å². The molecule has 25 heavy (non-hydrogen) atoms. The molecule has 1 fully saturated rings. The summed E-state index contributed by atoms with van der Waals surface area (Å²) in [7, 11) is 0. The average Bonchev–Trinajstić information content (AvgIpc) is 2.90. The number of carbonyl (C=O) groups excluding carboxylic acids is 1. The summed E-state index contributed by atoms with van der Waals surface area (Å²) in [5, 5.41) is 0. The Balaban J connectivity index is 1.56. The largest absolute Gasteiger partial charge is 0.488 e. The molecule has 0 aliphatic carbocycles. The van der Waals surface area contributed by atoms with Gasteiger partial charge in [0.1, 0.15) is 16.7 Å². The third kappa shape index (κ3) is 3.38. The van der Waals surface area contributed by atoms with E-state index in [-0.39, 0.29) is 5.91 Å². The Hall–Kier alpha value is -2.37. The van der Waals surface area contributed by atoms with Crippen molar-refractivity contribution >= 4 is 40.3 Å². The van der Waals surface area contributed by atoms with Crippen molar-refractivity contribution in [1.29, 1.82) is 0 Å². The number of thiocarbonyl (C=S) groups is 1. The van der Waals surface area contributed by atoms with Crippen LogP contribution in [0.15, 0.2) is 71.2 Å². The van der Waals surface area contributed by atoms with E-state index in [0.717, 1.165) is 22.4 Å². The third-order valence-corrected chi connectivity index (χ3v) is 5.41. The van der Waals surface area contributed by atoms with Gasteiger partial charge in [0, 0.05) is 5.56 Å². The maximum absolute atomic E-state index is 12.7. The van der Waals surface area contributed by atoms with Crippen molar-refractivity contribution in [3.8, 4) is 5.75 Å². The molecule has 2 aromatic carbocycles. The first-order chi connectivity index (χ1) is 12.2. The van der Waals surface area contributed by atoms with Gasteiger partial charge in [0.25, 0.3) is 5.91 Å². The van der Waals surface area contributed by atoms with Crippen molar-refractivity contribution < 1.29 is 9.53 Å². The van der Waals surface area contributed by atoms with Crippen LogP contribution < -0.4 is 4.74 Å². The standard InChI is InChI=1S/C20H15NO2S2/c22-19-18(11-15-10-16-8-4-5-9-17(16)23-13-15)25-20(24)21(19)12-14-6-2-1-3-7-14/h1-11H,12-13H2/b18-11-. The topological polar surface area (TPSA) is 29.5 Å². The molecular formula is C20H15NO2S2. The molecule has 4 rings (SSSR count). The van der Waals surface area contributed by atoms with Crippen LogP contribution in [-0.2, 0) is 11.3 Å². The summed E-state index contributed by atoms with van der Waals surface area (Å²) in [5.41, 5.74) is 3.06. The smallest absolute Gasteiger partial charge is 0.266 e. The number of benzene rings is 2. The zero-order valence-electron chi connectivity index (χ0n) is 13.3. The molecule has 3 nitrogen and oxygen atoms in total. The number of fused-ring (bicyclic) bond motifs is 1. The summed E-state index contributed by atoms with van der Waals surface area (Å²) in [4.78, 5) is 15.0. The molecule has 0 aromatic heterocycles. The zero-order valence-corrected chi connectivity index (χ0v) is 15.0. The van der Waals surface area contributed by atoms with Crippen molar-refractivity contribution in [3.05, 3.63) is 82.3 Å². The van der Waals surface area contributed by atoms with E-state index in [4.69, 9.17) is 17.0 Å². The van der Waals surface area contributed by atoms with Gasteiger partial charge in [0.05, 0.1) is 11.4 Å². The van der Waals surface area contributed by atoms with Crippen molar-refractivity contribution in [3.63, 3.8) is 0 Å². The molecule has 0 bridgehead atoms. The second-order valence-corrected chi connectivity index (χ2v) is 7.47. The number of thioether (sulfide) groups is 1. The van der Waals surface area contributed by atoms with Gasteiger partial charge in [-0.2, -0.15) is 0 Å². The van der Waals surface area contributed by atoms with E-state index < -0.39 is 0 Å². The summed E-state index contributed by atoms with van der Waals surface area (Å²) in [6, 6.07) is 17.8. The molecule has 2 aliphatic rings. The number of ether oxygens (including phenoxy) is 1. The van der Waals surface area contributed by atoms with E-state index in [9.17, 15) is 4.79 Å². The Bertz CT molecular complexity index is 903. The van der Waals surface area contributed by atoms with E-state index >= 15 is 0 Å². The molecular weight excluding hydrogens is 350 g/mol. The molecule has 2 aliphatic heterocycles. The van der Waals surface area contributed by atoms with Gasteiger partial charge in [-0.3, -0.25) is 9.69 Å². The summed E-state index contributed by atoms with van der Waals surface area (Å²) >= 11 is 6.75. The number of hydrogen-bond donors (Lipinski definition) is 0. The van der Waals surface area contributed by atoms with Crippen LogP contribution in [0.25, 0.3) is 6.08 Å². The van der Waals surface area contributed by atoms with Gasteiger partial charge in [-0.05, 0) is 29.4 Å². The predicted octanol–water partition coefficient (Wildman–Crippen LogP) is 4.41. The zero-order chi connectivity index (χ0) is 17.2. The first-order valence-corrected chi connectivity index (χ1v) is 9.15. The number of amides is 1. The maximum Gasteiger partial charge on any atom is 0.266 e. The molecule has 1 saturated heterocycles. The summed E-state index contributed by atoms with van der Waals surface area (Å²) in [5.74, 6) is 0.829. The highest BCUT2D eigenvalue weighted by molar-refractivity contribution is 8.26. The van der Waals surface area contributed by atoms with Crippen LogP contribution in [-0.4, -0.2) is 21.7 Å². The molecule has 0 unspecified atom stereocenters. The van der Waals surface area contributed by atoms with Crippen LogP contribution in [0.2, 0.25) is 0 Å². The maximum atomic E-state index is 12.7. The van der Waals surface area contributed by atoms with E-state index in [2.05, 4.69) is 6.08 Å². The first-order valence-electron chi connectivity index (χ1n) is 7.92. The molecule has 2 heterocycles. The number of rotatable bonds is 3. The molecule has 0 saturated carbocycles. The first kappa shape index (κ1) is 16.1. The van der Waals surface area contributed by atoms with Crippen molar-refractivity contribution in [2.45, 2.75) is 6.54 Å². The lowest BCUT2D eigenvalue weighted by molar-refractivity contribution is -0.122. The third-order valence-electron chi connectivity index (χ3n) is 4.03. The highest BCUT2D eigenvalue weighted by atomic mass is 32.2. The van der Waals surface area contributed by atoms with E-state index in [1.807, 2.05) is 60.7 Å². The fourth-order valence-corrected chi connectivity index (χ4v) is 4.06. The molecule has 1 amide bonds. The van der Waals surface area contributed by atoms with Gasteiger partial charge in [0.15, 0.2) is 0 Å². The monoisotopic (exact) mass is 365 g/mol. The van der Waals surface area contributed by atoms with Crippen molar-refractivity contribution in [2.75, 3.05) is 6.61 Å². The summed E-state index contributed by atoms with van der Waals surface area (Å²) in [6.07, 6.45) is 3.95. The molecule has 0 radical (unpaired) electrons. The van der Waals surface area contributed by atoms with E-state index in [1.165, 1.54) is 11.8 Å². The van der Waals surface area contributed by atoms with Crippen molar-refractivity contribution in [1.82, 2.24) is 4.90 Å². The minimum atomic E-state index is -0.0430. The fraction of sp³-hybridized carbons (Fsp3) is 0.100. The van der Waals surface area contributed by atoms with Gasteiger partial charge in [-0.25, -0.2) is 0 Å². The van der Waals surface area contributed by atoms with Crippen LogP contribution in [0.1, 0.15) is 11.1 Å². The Morgan fingerprint density at radius 1 is 1.12 bits per heavy atom. The van der Waals surface area contributed by atoms with Gasteiger partial charge in [-0.1, -0.05) is 72.5 Å². The lowest BCUT2D eigenvalue weighted by atomic mass is 10.1. The van der Waals surface area contributed by atoms with E-state index in [0.29, 0.717) is 22.4 Å². The fourth-order valence-electron chi connectivity index (χ4n) is 2.79. The quantitative estimate of drug-likeness (QED) is 0.595. The van der Waals surface area contributed by atoms with Gasteiger partial charge in [0.2, 0.25) is 0 Å². The molecule has 0 spiro atoms. The van der Waals surface area contributed by atoms with Gasteiger partial charge >= 0.3 is 0 Å². The Labute approximate surface area is 156 Å². The highest BCUT2D eigenvalue weighted by Crippen LogP contribution is 2.34. The molecule has 124 valence electrons. The number of para-hydroxylation sites is 1. The molecule has 2 aromatic rings. The SMILES string of the molecule is O=C1/C(=C/C2=Cc3ccccc3OC2)SC(=S)N1Cc1ccccc1. The van der Waals surface area contributed by atoms with Crippen LogP contribution in [0.4, 0.5) is 0 Å². The second-order valence-electron chi connectivity index (χ2n) is 5.80. The minimum absolute atomic E-state index is 0.0430. The molecule has 0 atom stereocenters. The Kier molecular flexibility index (Phi) is 4.42. The average molecular weight is 365 g/mol. The summed E-state index contributed by atoms with van der Waals surface area (Å²) < 4.78 is 6.35. The van der Waals surface area contributed by atoms with E-state index in [1.54, 1.807) is 4.90 Å². The van der Waals surface area contributed by atoms with Crippen LogP contribution in [0.3, 0.4) is 0 Å². The highest BCUT2D eigenvalue weighted by Gasteiger charge is 2.32. The molecule has 0 N–H and O–H groups in total. The lowest BCUT2D eigenvalue weighted by Gasteiger charge is -2.16. The lowest BCUT2D eigenvalue weighted by Crippen LogP contribution is -2.27. The Morgan fingerprint density at radius 2 is 1.88 bits per heavy atom.